The molecule has 3 unspecified atom stereocenters. The first kappa shape index (κ1) is 15.8. The molecule has 0 radical (unpaired) electrons. The zero-order valence-corrected chi connectivity index (χ0v) is 13.4. The Kier molecular flexibility index (Phi) is 6.34. The molecule has 0 aromatic rings. The Morgan fingerprint density at radius 1 is 1.10 bits per heavy atom. The molecule has 0 aromatic carbocycles. The van der Waals surface area contributed by atoms with Crippen LogP contribution in [0.5, 0.6) is 0 Å². The third kappa shape index (κ3) is 3.97. The Labute approximate surface area is 124 Å². The fraction of sp³-hybridized carbons (Fsp3) is 0.941. The number of rotatable bonds is 8. The van der Waals surface area contributed by atoms with Gasteiger partial charge in [-0.25, -0.2) is 0 Å². The molecule has 3 atom stereocenters. The third-order valence-corrected chi connectivity index (χ3v) is 5.12. The number of hydrogen-bond acceptors (Lipinski definition) is 2. The van der Waals surface area contributed by atoms with Gasteiger partial charge in [0.1, 0.15) is 0 Å². The first-order valence-electron chi connectivity index (χ1n) is 8.79. The molecule has 1 N–H and O–H groups in total. The molecular formula is C17H32N2O. The van der Waals surface area contributed by atoms with E-state index < -0.39 is 0 Å². The number of nitrogens with one attached hydrogen (secondary N) is 1. The number of hydrogen-bond donors (Lipinski definition) is 1. The molecule has 2 fully saturated rings. The summed E-state index contributed by atoms with van der Waals surface area (Å²) >= 11 is 0. The zero-order valence-electron chi connectivity index (χ0n) is 13.4. The van der Waals surface area contributed by atoms with Gasteiger partial charge in [0.05, 0.1) is 0 Å². The molecule has 1 amide bonds. The summed E-state index contributed by atoms with van der Waals surface area (Å²) in [6, 6.07) is 0.497. The zero-order chi connectivity index (χ0) is 14.4. The van der Waals surface area contributed by atoms with Crippen molar-refractivity contribution in [3.8, 4) is 0 Å². The molecule has 2 rings (SSSR count). The number of unbranched alkanes of at least 4 members (excludes halogenated alkanes) is 1. The van der Waals surface area contributed by atoms with E-state index >= 15 is 0 Å². The number of carbonyl (C=O) groups is 1. The van der Waals surface area contributed by atoms with E-state index in [0.29, 0.717) is 23.8 Å². The second-order valence-corrected chi connectivity index (χ2v) is 6.65. The minimum Gasteiger partial charge on any atom is -0.353 e. The maximum Gasteiger partial charge on any atom is 0.223 e. The summed E-state index contributed by atoms with van der Waals surface area (Å²) < 4.78 is 0. The van der Waals surface area contributed by atoms with Gasteiger partial charge in [-0.3, -0.25) is 4.79 Å². The van der Waals surface area contributed by atoms with Crippen LogP contribution in [0.4, 0.5) is 0 Å². The van der Waals surface area contributed by atoms with Crippen LogP contribution in [0.2, 0.25) is 0 Å². The van der Waals surface area contributed by atoms with Crippen LogP contribution in [-0.4, -0.2) is 36.5 Å². The molecule has 1 saturated carbocycles. The molecule has 2 aliphatic rings. The van der Waals surface area contributed by atoms with Gasteiger partial charge in [-0.2, -0.15) is 0 Å². The van der Waals surface area contributed by atoms with Crippen molar-refractivity contribution in [3.05, 3.63) is 0 Å². The van der Waals surface area contributed by atoms with E-state index in [0.717, 1.165) is 13.0 Å². The fourth-order valence-electron chi connectivity index (χ4n) is 4.00. The van der Waals surface area contributed by atoms with E-state index in [2.05, 4.69) is 24.1 Å². The van der Waals surface area contributed by atoms with E-state index in [1.807, 2.05) is 0 Å². The molecule has 1 aliphatic heterocycles. The predicted molar refractivity (Wildman–Crippen MR) is 83.6 cm³/mol. The molecule has 1 heterocycles. The van der Waals surface area contributed by atoms with Crippen molar-refractivity contribution < 1.29 is 4.79 Å². The van der Waals surface area contributed by atoms with Crippen molar-refractivity contribution in [1.82, 2.24) is 10.2 Å². The highest BCUT2D eigenvalue weighted by atomic mass is 16.2. The van der Waals surface area contributed by atoms with E-state index in [1.165, 1.54) is 58.0 Å². The molecule has 3 heteroatoms. The van der Waals surface area contributed by atoms with Crippen LogP contribution in [-0.2, 0) is 4.79 Å². The monoisotopic (exact) mass is 280 g/mol. The number of fused-ring (bicyclic) bond motifs is 1. The van der Waals surface area contributed by atoms with Crippen LogP contribution in [0.25, 0.3) is 0 Å². The lowest BCUT2D eigenvalue weighted by Gasteiger charge is -2.28. The molecule has 1 saturated heterocycles. The largest absolute Gasteiger partial charge is 0.353 e. The highest BCUT2D eigenvalue weighted by Gasteiger charge is 2.42. The van der Waals surface area contributed by atoms with Crippen molar-refractivity contribution >= 4 is 5.91 Å². The van der Waals surface area contributed by atoms with E-state index in [1.54, 1.807) is 0 Å². The first-order chi connectivity index (χ1) is 9.76. The van der Waals surface area contributed by atoms with Gasteiger partial charge in [0.2, 0.25) is 5.91 Å². The van der Waals surface area contributed by atoms with Crippen molar-refractivity contribution in [2.24, 2.45) is 11.8 Å². The summed E-state index contributed by atoms with van der Waals surface area (Å²) in [4.78, 5) is 14.8. The van der Waals surface area contributed by atoms with Crippen LogP contribution in [0.15, 0.2) is 0 Å². The first-order valence-corrected chi connectivity index (χ1v) is 8.79. The van der Waals surface area contributed by atoms with Gasteiger partial charge >= 0.3 is 0 Å². The lowest BCUT2D eigenvalue weighted by molar-refractivity contribution is -0.123. The maximum atomic E-state index is 12.2. The Balaban J connectivity index is 1.82. The normalized spacial score (nSPS) is 29.6. The highest BCUT2D eigenvalue weighted by Crippen LogP contribution is 2.36. The molecule has 1 aliphatic carbocycles. The summed E-state index contributed by atoms with van der Waals surface area (Å²) in [7, 11) is 0. The summed E-state index contributed by atoms with van der Waals surface area (Å²) in [5.41, 5.74) is 0. The number of nitrogens with zero attached hydrogens (tertiary/aromatic N) is 1. The van der Waals surface area contributed by atoms with E-state index in [-0.39, 0.29) is 0 Å². The van der Waals surface area contributed by atoms with Gasteiger partial charge in [-0.1, -0.05) is 33.1 Å². The third-order valence-electron chi connectivity index (χ3n) is 5.12. The van der Waals surface area contributed by atoms with Gasteiger partial charge in [-0.15, -0.1) is 0 Å². The average Bonchev–Trinajstić information content (AvgIpc) is 2.77. The quantitative estimate of drug-likeness (QED) is 0.740. The lowest BCUT2D eigenvalue weighted by atomic mass is 9.78. The van der Waals surface area contributed by atoms with Crippen LogP contribution in [0.3, 0.4) is 0 Å². The summed E-state index contributed by atoms with van der Waals surface area (Å²) in [5, 5.41) is 3.25. The van der Waals surface area contributed by atoms with Gasteiger partial charge in [0.25, 0.3) is 0 Å². The van der Waals surface area contributed by atoms with Crippen LogP contribution in [0, 0.1) is 11.8 Å². The Morgan fingerprint density at radius 3 is 2.65 bits per heavy atom. The van der Waals surface area contributed by atoms with Gasteiger partial charge in [-0.05, 0) is 57.7 Å². The smallest absolute Gasteiger partial charge is 0.223 e. The summed E-state index contributed by atoms with van der Waals surface area (Å²) in [5.74, 6) is 1.26. The van der Waals surface area contributed by atoms with Gasteiger partial charge in [0.15, 0.2) is 0 Å². The molecule has 116 valence electrons. The van der Waals surface area contributed by atoms with Crippen molar-refractivity contribution in [2.75, 3.05) is 19.6 Å². The second-order valence-electron chi connectivity index (χ2n) is 6.65. The fourth-order valence-corrected chi connectivity index (χ4v) is 4.00. The number of carbonyl (C=O) groups excluding carboxylic acids is 1. The minimum absolute atomic E-state index is 0.293. The standard InChI is InChI=1S/C17H32N2O/c1-3-5-12-19(11-4-2)13-10-15-14-8-6-7-9-16(14)18-17(15)20/h14-16H,3-13H2,1-2H3,(H,18,20). The predicted octanol–water partition coefficient (Wildman–Crippen LogP) is 3.19. The average molecular weight is 280 g/mol. The van der Waals surface area contributed by atoms with Crippen LogP contribution in [0.1, 0.15) is 65.2 Å². The van der Waals surface area contributed by atoms with Crippen LogP contribution < -0.4 is 5.32 Å². The molecule has 20 heavy (non-hydrogen) atoms. The van der Waals surface area contributed by atoms with Crippen molar-refractivity contribution in [2.45, 2.75) is 71.3 Å². The summed E-state index contributed by atoms with van der Waals surface area (Å²) in [6.45, 7) is 7.99. The second kappa shape index (κ2) is 8.02. The Morgan fingerprint density at radius 2 is 1.90 bits per heavy atom. The topological polar surface area (TPSA) is 32.3 Å². The molecule has 3 nitrogen and oxygen atoms in total. The highest BCUT2D eigenvalue weighted by molar-refractivity contribution is 5.81. The SMILES string of the molecule is CCCCN(CCC)CCC1C(=O)NC2CCCCC21. The molecular weight excluding hydrogens is 248 g/mol. The lowest BCUT2D eigenvalue weighted by Crippen LogP contribution is -2.32. The van der Waals surface area contributed by atoms with Gasteiger partial charge in [0, 0.05) is 12.0 Å². The minimum atomic E-state index is 0.293. The molecule has 0 aromatic heterocycles. The Hall–Kier alpha value is -0.570. The van der Waals surface area contributed by atoms with E-state index in [9.17, 15) is 4.79 Å². The number of amides is 1. The maximum absolute atomic E-state index is 12.2. The van der Waals surface area contributed by atoms with Crippen molar-refractivity contribution in [3.63, 3.8) is 0 Å². The molecule has 0 spiro atoms. The Bertz CT molecular complexity index is 305. The molecule has 0 bridgehead atoms. The van der Waals surface area contributed by atoms with E-state index in [4.69, 9.17) is 0 Å². The van der Waals surface area contributed by atoms with Gasteiger partial charge < -0.3 is 10.2 Å². The summed E-state index contributed by atoms with van der Waals surface area (Å²) in [6.07, 6.45) is 9.91. The van der Waals surface area contributed by atoms with Crippen molar-refractivity contribution in [1.29, 1.82) is 0 Å². The van der Waals surface area contributed by atoms with Crippen LogP contribution >= 0.6 is 0 Å².